The van der Waals surface area contributed by atoms with Gasteiger partial charge in [-0.15, -0.1) is 0 Å². The van der Waals surface area contributed by atoms with Crippen molar-refractivity contribution in [2.24, 2.45) is 0 Å². The van der Waals surface area contributed by atoms with Gasteiger partial charge in [0.05, 0.1) is 16.8 Å². The highest BCUT2D eigenvalue weighted by molar-refractivity contribution is 5.88. The van der Waals surface area contributed by atoms with Gasteiger partial charge in [0, 0.05) is 17.9 Å². The fourth-order valence-electron chi connectivity index (χ4n) is 3.53. The first-order valence-corrected chi connectivity index (χ1v) is 10.7. The van der Waals surface area contributed by atoms with Crippen molar-refractivity contribution in [1.29, 1.82) is 0 Å². The Bertz CT molecular complexity index is 1330. The van der Waals surface area contributed by atoms with Gasteiger partial charge in [-0.3, -0.25) is 4.79 Å². The smallest absolute Gasteiger partial charge is 0.335 e. The lowest BCUT2D eigenvalue weighted by Crippen LogP contribution is -2.06. The predicted octanol–water partition coefficient (Wildman–Crippen LogP) is 5.11. The molecule has 2 N–H and O–H groups in total. The van der Waals surface area contributed by atoms with Gasteiger partial charge in [-0.1, -0.05) is 36.4 Å². The number of aromatic carboxylic acids is 1. The third-order valence-electron chi connectivity index (χ3n) is 5.30. The maximum atomic E-state index is 11.3. The highest BCUT2D eigenvalue weighted by Gasteiger charge is 2.11. The molecule has 0 unspecified atom stereocenters. The van der Waals surface area contributed by atoms with Crippen LogP contribution in [0.1, 0.15) is 33.6 Å². The third kappa shape index (κ3) is 5.89. The maximum Gasteiger partial charge on any atom is 0.335 e. The van der Waals surface area contributed by atoms with Crippen molar-refractivity contribution in [2.45, 2.75) is 26.1 Å². The minimum Gasteiger partial charge on any atom is -0.489 e. The van der Waals surface area contributed by atoms with Crippen LogP contribution >= 0.6 is 0 Å². The Balaban J connectivity index is 1.42. The second kappa shape index (κ2) is 10.5. The molecule has 0 bridgehead atoms. The average molecular weight is 457 g/mol. The van der Waals surface area contributed by atoms with E-state index in [1.807, 2.05) is 48.5 Å². The third-order valence-corrected chi connectivity index (χ3v) is 5.30. The molecule has 1 aromatic heterocycles. The highest BCUT2D eigenvalue weighted by atomic mass is 16.5. The summed E-state index contributed by atoms with van der Waals surface area (Å²) >= 11 is 0. The number of benzene rings is 3. The zero-order chi connectivity index (χ0) is 23.9. The lowest BCUT2D eigenvalue weighted by atomic mass is 10.00. The Morgan fingerprint density at radius 3 is 2.29 bits per heavy atom. The van der Waals surface area contributed by atoms with E-state index in [9.17, 15) is 14.7 Å². The first kappa shape index (κ1) is 22.8. The number of rotatable bonds is 10. The lowest BCUT2D eigenvalue weighted by Gasteiger charge is -2.13. The summed E-state index contributed by atoms with van der Waals surface area (Å²) in [4.78, 5) is 26.9. The zero-order valence-corrected chi connectivity index (χ0v) is 18.3. The van der Waals surface area contributed by atoms with Gasteiger partial charge in [0.1, 0.15) is 24.7 Å². The highest BCUT2D eigenvalue weighted by Crippen LogP contribution is 2.23. The Kier molecular flexibility index (Phi) is 7.03. The quantitative estimate of drug-likeness (QED) is 0.341. The standard InChI is InChI=1S/C27H23NO6/c29-26(30)13-11-19-14-20(27(31)32)8-9-21(19)16-33-23-5-3-6-24(15-23)34-17-22-12-10-18-4-1-2-7-25(18)28-22/h1-10,12,14-15H,11,13,16-17H2,(H,29,30)(H,31,32). The van der Waals surface area contributed by atoms with E-state index in [1.54, 1.807) is 18.2 Å². The van der Waals surface area contributed by atoms with Crippen LogP contribution < -0.4 is 9.47 Å². The van der Waals surface area contributed by atoms with E-state index in [0.717, 1.165) is 22.2 Å². The summed E-state index contributed by atoms with van der Waals surface area (Å²) in [6.45, 7) is 0.481. The largest absolute Gasteiger partial charge is 0.489 e. The van der Waals surface area contributed by atoms with Crippen LogP contribution in [-0.2, 0) is 24.4 Å². The Morgan fingerprint density at radius 1 is 0.765 bits per heavy atom. The van der Waals surface area contributed by atoms with Crippen molar-refractivity contribution in [3.8, 4) is 11.5 Å². The molecule has 0 aliphatic rings. The first-order valence-electron chi connectivity index (χ1n) is 10.7. The number of pyridine rings is 1. The van der Waals surface area contributed by atoms with Crippen molar-refractivity contribution in [1.82, 2.24) is 4.98 Å². The summed E-state index contributed by atoms with van der Waals surface area (Å²) in [6, 6.07) is 23.7. The molecule has 0 aliphatic carbocycles. The molecule has 3 aromatic carbocycles. The van der Waals surface area contributed by atoms with E-state index in [1.165, 1.54) is 12.1 Å². The molecule has 4 aromatic rings. The predicted molar refractivity (Wildman–Crippen MR) is 126 cm³/mol. The van der Waals surface area contributed by atoms with Gasteiger partial charge in [0.2, 0.25) is 0 Å². The molecule has 172 valence electrons. The molecular formula is C27H23NO6. The van der Waals surface area contributed by atoms with Gasteiger partial charge in [-0.2, -0.15) is 0 Å². The fourth-order valence-corrected chi connectivity index (χ4v) is 3.53. The molecule has 0 amide bonds. The van der Waals surface area contributed by atoms with Gasteiger partial charge in [-0.05, 0) is 53.9 Å². The van der Waals surface area contributed by atoms with E-state index >= 15 is 0 Å². The number of carbonyl (C=O) groups is 2. The van der Waals surface area contributed by atoms with Crippen molar-refractivity contribution in [3.05, 3.63) is 101 Å². The monoisotopic (exact) mass is 457 g/mol. The average Bonchev–Trinajstić information content (AvgIpc) is 2.85. The fraction of sp³-hybridized carbons (Fsp3) is 0.148. The second-order valence-corrected chi connectivity index (χ2v) is 7.73. The van der Waals surface area contributed by atoms with Gasteiger partial charge in [0.15, 0.2) is 0 Å². The molecule has 1 heterocycles. The number of aromatic nitrogens is 1. The summed E-state index contributed by atoms with van der Waals surface area (Å²) in [5.74, 6) is -0.802. The van der Waals surface area contributed by atoms with Crippen LogP contribution in [-0.4, -0.2) is 27.1 Å². The molecule has 7 heteroatoms. The minimum absolute atomic E-state index is 0.0950. The van der Waals surface area contributed by atoms with Crippen LogP contribution in [0.5, 0.6) is 11.5 Å². The van der Waals surface area contributed by atoms with Crippen LogP contribution in [0.25, 0.3) is 10.9 Å². The van der Waals surface area contributed by atoms with Crippen LogP contribution in [0, 0.1) is 0 Å². The molecule has 0 radical (unpaired) electrons. The van der Waals surface area contributed by atoms with Crippen molar-refractivity contribution < 1.29 is 29.3 Å². The van der Waals surface area contributed by atoms with Crippen LogP contribution in [0.4, 0.5) is 0 Å². The number of fused-ring (bicyclic) bond motifs is 1. The molecule has 0 saturated carbocycles. The molecule has 0 fully saturated rings. The number of carboxylic acid groups (broad SMARTS) is 2. The maximum absolute atomic E-state index is 11.3. The summed E-state index contributed by atoms with van der Waals surface area (Å²) < 4.78 is 11.8. The topological polar surface area (TPSA) is 106 Å². The molecule has 7 nitrogen and oxygen atoms in total. The second-order valence-electron chi connectivity index (χ2n) is 7.73. The summed E-state index contributed by atoms with van der Waals surface area (Å²) in [5, 5.41) is 19.3. The van der Waals surface area contributed by atoms with Gasteiger partial charge in [-0.25, -0.2) is 9.78 Å². The van der Waals surface area contributed by atoms with Crippen molar-refractivity contribution >= 4 is 22.8 Å². The van der Waals surface area contributed by atoms with Gasteiger partial charge in [0.25, 0.3) is 0 Å². The number of hydrogen-bond donors (Lipinski definition) is 2. The van der Waals surface area contributed by atoms with E-state index in [2.05, 4.69) is 4.98 Å². The Labute approximate surface area is 196 Å². The van der Waals surface area contributed by atoms with E-state index in [4.69, 9.17) is 14.6 Å². The van der Waals surface area contributed by atoms with Crippen molar-refractivity contribution in [3.63, 3.8) is 0 Å². The number of aryl methyl sites for hydroxylation is 1. The first-order chi connectivity index (χ1) is 16.5. The Morgan fingerprint density at radius 2 is 1.53 bits per heavy atom. The van der Waals surface area contributed by atoms with E-state index in [0.29, 0.717) is 23.7 Å². The summed E-state index contributed by atoms with van der Waals surface area (Å²) in [7, 11) is 0. The molecule has 0 spiro atoms. The molecule has 0 atom stereocenters. The number of aliphatic carboxylic acids is 1. The van der Waals surface area contributed by atoms with E-state index in [-0.39, 0.29) is 25.0 Å². The molecular weight excluding hydrogens is 434 g/mol. The summed E-state index contributed by atoms with van der Waals surface area (Å²) in [5.41, 5.74) is 3.21. The number of hydrogen-bond acceptors (Lipinski definition) is 5. The number of nitrogens with zero attached hydrogens (tertiary/aromatic N) is 1. The molecule has 0 aliphatic heterocycles. The number of para-hydroxylation sites is 1. The SMILES string of the molecule is O=C(O)CCc1cc(C(=O)O)ccc1COc1cccc(OCc2ccc3ccccc3n2)c1. The van der Waals surface area contributed by atoms with Crippen molar-refractivity contribution in [2.75, 3.05) is 0 Å². The minimum atomic E-state index is -1.06. The van der Waals surface area contributed by atoms with E-state index < -0.39 is 11.9 Å². The Hall–Kier alpha value is -4.39. The molecule has 4 rings (SSSR count). The van der Waals surface area contributed by atoms with Crippen LogP contribution in [0.3, 0.4) is 0 Å². The molecule has 0 saturated heterocycles. The van der Waals surface area contributed by atoms with Crippen LogP contribution in [0.2, 0.25) is 0 Å². The zero-order valence-electron chi connectivity index (χ0n) is 18.3. The molecule has 34 heavy (non-hydrogen) atoms. The van der Waals surface area contributed by atoms with Crippen LogP contribution in [0.15, 0.2) is 78.9 Å². The number of ether oxygens (including phenoxy) is 2. The summed E-state index contributed by atoms with van der Waals surface area (Å²) in [6.07, 6.45) is 0.124. The van der Waals surface area contributed by atoms with Gasteiger partial charge < -0.3 is 19.7 Å². The normalized spacial score (nSPS) is 10.7. The number of carboxylic acids is 2. The van der Waals surface area contributed by atoms with Gasteiger partial charge >= 0.3 is 11.9 Å². The lowest BCUT2D eigenvalue weighted by molar-refractivity contribution is -0.136.